The molecule has 0 bridgehead atoms. The van der Waals surface area contributed by atoms with Gasteiger partial charge in [0.1, 0.15) is 6.61 Å². The fourth-order valence-electron chi connectivity index (χ4n) is 4.30. The average Bonchev–Trinajstić information content (AvgIpc) is 2.91. The molecule has 0 saturated carbocycles. The van der Waals surface area contributed by atoms with Gasteiger partial charge in [-0.2, -0.15) is 0 Å². The number of hydrogen-bond acceptors (Lipinski definition) is 6. The number of amides is 3. The Kier molecular flexibility index (Phi) is 9.69. The number of carbonyl (C=O) groups excluding carboxylic acids is 3. The SMILES string of the molecule is CCc1ccc(NC(=O)OCC2(N(C=O)Cc3ccccc3Cl)CCN(C(=O)C(N)CN)CC2)cc1. The number of benzene rings is 2. The average molecular weight is 516 g/mol. The van der Waals surface area contributed by atoms with Gasteiger partial charge in [-0.05, 0) is 48.6 Å². The second-order valence-electron chi connectivity index (χ2n) is 8.97. The lowest BCUT2D eigenvalue weighted by Gasteiger charge is -2.47. The van der Waals surface area contributed by atoms with E-state index in [1.807, 2.05) is 42.5 Å². The number of anilines is 1. The van der Waals surface area contributed by atoms with Gasteiger partial charge in [-0.15, -0.1) is 0 Å². The largest absolute Gasteiger partial charge is 0.447 e. The minimum atomic E-state index is -0.825. The Labute approximate surface area is 216 Å². The van der Waals surface area contributed by atoms with Gasteiger partial charge in [0.25, 0.3) is 0 Å². The van der Waals surface area contributed by atoms with E-state index in [1.54, 1.807) is 15.9 Å². The summed E-state index contributed by atoms with van der Waals surface area (Å²) >= 11 is 6.35. The molecule has 1 fully saturated rings. The van der Waals surface area contributed by atoms with Crippen molar-refractivity contribution in [3.63, 3.8) is 0 Å². The van der Waals surface area contributed by atoms with E-state index in [-0.39, 0.29) is 25.6 Å². The molecule has 0 aliphatic carbocycles. The van der Waals surface area contributed by atoms with Crippen LogP contribution in [0.5, 0.6) is 0 Å². The fraction of sp³-hybridized carbons (Fsp3) is 0.423. The van der Waals surface area contributed by atoms with E-state index < -0.39 is 17.7 Å². The van der Waals surface area contributed by atoms with E-state index >= 15 is 0 Å². The molecular formula is C26H34ClN5O4. The number of aryl methyl sites for hydroxylation is 1. The van der Waals surface area contributed by atoms with Gasteiger partial charge >= 0.3 is 6.09 Å². The molecule has 3 amide bonds. The lowest BCUT2D eigenvalue weighted by atomic mass is 9.86. The lowest BCUT2D eigenvalue weighted by molar-refractivity contribution is -0.139. The number of carbonyl (C=O) groups is 3. The van der Waals surface area contributed by atoms with E-state index in [4.69, 9.17) is 27.8 Å². The summed E-state index contributed by atoms with van der Waals surface area (Å²) in [5, 5.41) is 3.27. The van der Waals surface area contributed by atoms with Gasteiger partial charge in [-0.25, -0.2) is 4.79 Å². The summed E-state index contributed by atoms with van der Waals surface area (Å²) in [6, 6.07) is 14.0. The number of halogens is 1. The van der Waals surface area contributed by atoms with E-state index in [1.165, 1.54) is 0 Å². The highest BCUT2D eigenvalue weighted by Crippen LogP contribution is 2.32. The van der Waals surface area contributed by atoms with E-state index in [0.29, 0.717) is 36.6 Å². The minimum absolute atomic E-state index is 0.0416. The van der Waals surface area contributed by atoms with Crippen LogP contribution < -0.4 is 16.8 Å². The van der Waals surface area contributed by atoms with Crippen LogP contribution in [-0.4, -0.2) is 66.0 Å². The van der Waals surface area contributed by atoms with Crippen LogP contribution in [-0.2, 0) is 27.3 Å². The molecule has 1 atom stereocenters. The third-order valence-electron chi connectivity index (χ3n) is 6.69. The first-order chi connectivity index (χ1) is 17.3. The first-order valence-electron chi connectivity index (χ1n) is 12.0. The predicted molar refractivity (Wildman–Crippen MR) is 139 cm³/mol. The standard InChI is InChI=1S/C26H34ClN5O4/c1-2-19-7-9-21(10-8-19)30-25(35)36-17-26(11-13-31(14-12-26)24(34)23(29)15-28)32(18-33)16-20-5-3-4-6-22(20)27/h3-10,18,23H,2,11-17,28-29H2,1H3,(H,30,35). The second-order valence-corrected chi connectivity index (χ2v) is 9.38. The molecule has 3 rings (SSSR count). The number of rotatable bonds is 10. The maximum atomic E-state index is 12.6. The number of nitrogens with two attached hydrogens (primary N) is 2. The van der Waals surface area contributed by atoms with Gasteiger partial charge in [-0.1, -0.05) is 48.9 Å². The molecule has 2 aromatic carbocycles. The van der Waals surface area contributed by atoms with E-state index in [2.05, 4.69) is 12.2 Å². The van der Waals surface area contributed by atoms with Crippen LogP contribution in [0.4, 0.5) is 10.5 Å². The number of nitrogens with one attached hydrogen (secondary N) is 1. The Bertz CT molecular complexity index is 1040. The maximum absolute atomic E-state index is 12.6. The summed E-state index contributed by atoms with van der Waals surface area (Å²) in [5.41, 5.74) is 13.1. The normalized spacial score (nSPS) is 15.6. The summed E-state index contributed by atoms with van der Waals surface area (Å²) in [7, 11) is 0. The van der Waals surface area contributed by atoms with Gasteiger partial charge in [0.05, 0.1) is 11.6 Å². The first kappa shape index (κ1) is 27.4. The quantitative estimate of drug-likeness (QED) is 0.417. The summed E-state index contributed by atoms with van der Waals surface area (Å²) in [5.74, 6) is -0.232. The first-order valence-corrected chi connectivity index (χ1v) is 12.4. The molecule has 9 nitrogen and oxygen atoms in total. The smallest absolute Gasteiger partial charge is 0.411 e. The molecular weight excluding hydrogens is 482 g/mol. The Hall–Kier alpha value is -3.14. The van der Waals surface area contributed by atoms with Gasteiger partial charge in [0, 0.05) is 36.9 Å². The second kappa shape index (κ2) is 12.7. The molecule has 36 heavy (non-hydrogen) atoms. The third kappa shape index (κ3) is 6.75. The molecule has 0 aromatic heterocycles. The van der Waals surface area contributed by atoms with E-state index in [0.717, 1.165) is 24.0 Å². The molecule has 1 heterocycles. The van der Waals surface area contributed by atoms with Crippen LogP contribution in [0.1, 0.15) is 30.9 Å². The van der Waals surface area contributed by atoms with Crippen molar-refractivity contribution in [2.75, 3.05) is 31.6 Å². The van der Waals surface area contributed by atoms with E-state index in [9.17, 15) is 14.4 Å². The molecule has 1 aliphatic rings. The van der Waals surface area contributed by atoms with Crippen LogP contribution in [0, 0.1) is 0 Å². The molecule has 5 N–H and O–H groups in total. The van der Waals surface area contributed by atoms with Gasteiger partial charge in [-0.3, -0.25) is 14.9 Å². The maximum Gasteiger partial charge on any atom is 0.411 e. The van der Waals surface area contributed by atoms with Crippen molar-refractivity contribution in [3.05, 3.63) is 64.7 Å². The molecule has 10 heteroatoms. The summed E-state index contributed by atoms with van der Waals surface area (Å²) in [6.45, 7) is 3.00. The monoisotopic (exact) mass is 515 g/mol. The Balaban J connectivity index is 1.75. The Morgan fingerprint density at radius 1 is 1.19 bits per heavy atom. The van der Waals surface area contributed by atoms with Crippen molar-refractivity contribution in [2.45, 2.75) is 44.3 Å². The molecule has 0 spiro atoms. The highest BCUT2D eigenvalue weighted by Gasteiger charge is 2.42. The highest BCUT2D eigenvalue weighted by atomic mass is 35.5. The van der Waals surface area contributed by atoms with Crippen LogP contribution >= 0.6 is 11.6 Å². The van der Waals surface area contributed by atoms with Crippen molar-refractivity contribution in [2.24, 2.45) is 11.5 Å². The Morgan fingerprint density at radius 2 is 1.86 bits per heavy atom. The number of ether oxygens (including phenoxy) is 1. The summed E-state index contributed by atoms with van der Waals surface area (Å²) in [6.07, 6.45) is 1.83. The molecule has 0 radical (unpaired) electrons. The molecule has 2 aromatic rings. The van der Waals surface area contributed by atoms with Crippen LogP contribution in [0.3, 0.4) is 0 Å². The molecule has 1 aliphatic heterocycles. The van der Waals surface area contributed by atoms with Gasteiger partial charge < -0.3 is 26.0 Å². The zero-order chi connectivity index (χ0) is 26.1. The minimum Gasteiger partial charge on any atom is -0.447 e. The zero-order valence-electron chi connectivity index (χ0n) is 20.5. The van der Waals surface area contributed by atoms with Crippen molar-refractivity contribution < 1.29 is 19.1 Å². The summed E-state index contributed by atoms with van der Waals surface area (Å²) < 4.78 is 5.63. The Morgan fingerprint density at radius 3 is 2.44 bits per heavy atom. The number of likely N-dealkylation sites (tertiary alicyclic amines) is 1. The van der Waals surface area contributed by atoms with Gasteiger partial charge in [0.15, 0.2) is 0 Å². The molecule has 1 saturated heterocycles. The predicted octanol–water partition coefficient (Wildman–Crippen LogP) is 2.76. The topological polar surface area (TPSA) is 131 Å². The van der Waals surface area contributed by atoms with Crippen molar-refractivity contribution in [3.8, 4) is 0 Å². The van der Waals surface area contributed by atoms with Gasteiger partial charge in [0.2, 0.25) is 12.3 Å². The third-order valence-corrected chi connectivity index (χ3v) is 7.06. The lowest BCUT2D eigenvalue weighted by Crippen LogP contribution is -2.60. The summed E-state index contributed by atoms with van der Waals surface area (Å²) in [4.78, 5) is 40.7. The van der Waals surface area contributed by atoms with Crippen molar-refractivity contribution >= 4 is 35.7 Å². The molecule has 1 unspecified atom stereocenters. The van der Waals surface area contributed by atoms with Crippen LogP contribution in [0.2, 0.25) is 5.02 Å². The van der Waals surface area contributed by atoms with Crippen LogP contribution in [0.25, 0.3) is 0 Å². The van der Waals surface area contributed by atoms with Crippen LogP contribution in [0.15, 0.2) is 48.5 Å². The van der Waals surface area contributed by atoms with Crippen molar-refractivity contribution in [1.29, 1.82) is 0 Å². The molecule has 194 valence electrons. The fourth-order valence-corrected chi connectivity index (χ4v) is 4.49. The number of hydrogen-bond donors (Lipinski definition) is 3. The zero-order valence-corrected chi connectivity index (χ0v) is 21.2. The number of nitrogens with zero attached hydrogens (tertiary/aromatic N) is 2. The highest BCUT2D eigenvalue weighted by molar-refractivity contribution is 6.31. The number of piperidine rings is 1. The van der Waals surface area contributed by atoms with Crippen molar-refractivity contribution in [1.82, 2.24) is 9.80 Å².